The van der Waals surface area contributed by atoms with Gasteiger partial charge >= 0.3 is 0 Å². The third-order valence-electron chi connectivity index (χ3n) is 12.3. The first-order valence-electron chi connectivity index (χ1n) is 16.0. The highest BCUT2D eigenvalue weighted by molar-refractivity contribution is 5.32. The van der Waals surface area contributed by atoms with E-state index in [0.29, 0.717) is 38.0 Å². The second-order valence-corrected chi connectivity index (χ2v) is 14.7. The molecule has 3 saturated carbocycles. The second-order valence-electron chi connectivity index (χ2n) is 14.7. The number of aliphatic hydroxyl groups excluding tert-OH is 7. The molecule has 0 radical (unpaired) electrons. The number of fused-ring (bicyclic) bond motifs is 7. The summed E-state index contributed by atoms with van der Waals surface area (Å²) in [6, 6.07) is 0. The van der Waals surface area contributed by atoms with Crippen molar-refractivity contribution in [3.05, 3.63) is 35.1 Å². The van der Waals surface area contributed by atoms with Gasteiger partial charge in [-0.25, -0.2) is 0 Å². The predicted octanol–water partition coefficient (Wildman–Crippen LogP) is 1.30. The van der Waals surface area contributed by atoms with Crippen molar-refractivity contribution in [2.24, 2.45) is 34.5 Å². The molecule has 10 heteroatoms. The number of aliphatic hydroxyl groups is 7. The normalized spacial score (nSPS) is 50.7. The molecule has 0 amide bonds. The van der Waals surface area contributed by atoms with Crippen molar-refractivity contribution in [3.63, 3.8) is 0 Å². The van der Waals surface area contributed by atoms with Crippen LogP contribution in [0.25, 0.3) is 0 Å². The Labute approximate surface area is 253 Å². The minimum Gasteiger partial charge on any atom is -0.494 e. The predicted molar refractivity (Wildman–Crippen MR) is 155 cm³/mol. The molecule has 0 aromatic heterocycles. The molecule has 15 atom stereocenters. The molecule has 6 aliphatic rings. The lowest BCUT2D eigenvalue weighted by Gasteiger charge is -2.60. The van der Waals surface area contributed by atoms with Crippen molar-refractivity contribution in [2.75, 3.05) is 13.2 Å². The highest BCUT2D eigenvalue weighted by Crippen LogP contribution is 2.69. The van der Waals surface area contributed by atoms with Crippen LogP contribution in [0.5, 0.6) is 0 Å². The summed E-state index contributed by atoms with van der Waals surface area (Å²) in [5.74, 6) is 1.73. The van der Waals surface area contributed by atoms with Gasteiger partial charge in [0.05, 0.1) is 37.3 Å². The minimum atomic E-state index is -1.49. The van der Waals surface area contributed by atoms with Crippen LogP contribution in [0, 0.1) is 34.5 Å². The van der Waals surface area contributed by atoms with Gasteiger partial charge in [-0.05, 0) is 67.8 Å². The highest BCUT2D eigenvalue weighted by atomic mass is 16.7. The van der Waals surface area contributed by atoms with Gasteiger partial charge in [0, 0.05) is 24.2 Å². The van der Waals surface area contributed by atoms with Crippen molar-refractivity contribution in [1.82, 2.24) is 0 Å². The van der Waals surface area contributed by atoms with E-state index in [4.69, 9.17) is 14.2 Å². The first-order valence-corrected chi connectivity index (χ1v) is 16.0. The van der Waals surface area contributed by atoms with Crippen LogP contribution in [-0.4, -0.2) is 104 Å². The Morgan fingerprint density at radius 1 is 1.07 bits per heavy atom. The van der Waals surface area contributed by atoms with E-state index in [1.807, 2.05) is 0 Å². The molecule has 7 N–H and O–H groups in total. The summed E-state index contributed by atoms with van der Waals surface area (Å²) in [4.78, 5) is 0. The number of rotatable bonds is 7. The zero-order valence-electron chi connectivity index (χ0n) is 25.5. The maximum atomic E-state index is 11.7. The van der Waals surface area contributed by atoms with Gasteiger partial charge < -0.3 is 50.0 Å². The van der Waals surface area contributed by atoms with Crippen molar-refractivity contribution in [1.29, 1.82) is 0 Å². The fraction of sp³-hybridized carbons (Fsp3) is 0.818. The smallest absolute Gasteiger partial charge is 0.187 e. The molecular formula is C33H50O10. The monoisotopic (exact) mass is 606 g/mol. The van der Waals surface area contributed by atoms with Gasteiger partial charge in [0.1, 0.15) is 30.5 Å². The third-order valence-corrected chi connectivity index (χ3v) is 12.3. The number of ether oxygens (including phenoxy) is 3. The lowest BCUT2D eigenvalue weighted by atomic mass is 9.45. The molecule has 2 aliphatic heterocycles. The molecule has 0 unspecified atom stereocenters. The van der Waals surface area contributed by atoms with Crippen LogP contribution in [0.15, 0.2) is 35.1 Å². The maximum absolute atomic E-state index is 11.7. The van der Waals surface area contributed by atoms with Gasteiger partial charge in [0.15, 0.2) is 6.29 Å². The van der Waals surface area contributed by atoms with E-state index >= 15 is 0 Å². The van der Waals surface area contributed by atoms with E-state index in [-0.39, 0.29) is 35.9 Å². The van der Waals surface area contributed by atoms with Gasteiger partial charge in [-0.15, -0.1) is 0 Å². The van der Waals surface area contributed by atoms with Crippen molar-refractivity contribution < 1.29 is 50.0 Å². The van der Waals surface area contributed by atoms with Gasteiger partial charge in [-0.3, -0.25) is 0 Å². The second kappa shape index (κ2) is 11.5. The van der Waals surface area contributed by atoms with Crippen molar-refractivity contribution in [2.45, 2.75) is 121 Å². The molecular weight excluding hydrogens is 556 g/mol. The minimum absolute atomic E-state index is 0.0392. The lowest BCUT2D eigenvalue weighted by molar-refractivity contribution is -0.299. The first kappa shape index (κ1) is 31.6. The quantitative estimate of drug-likeness (QED) is 0.210. The van der Waals surface area contributed by atoms with Gasteiger partial charge in [-0.1, -0.05) is 37.6 Å². The van der Waals surface area contributed by atoms with E-state index in [9.17, 15) is 35.7 Å². The van der Waals surface area contributed by atoms with Crippen molar-refractivity contribution >= 4 is 0 Å². The average molecular weight is 607 g/mol. The van der Waals surface area contributed by atoms with E-state index in [1.54, 1.807) is 0 Å². The Morgan fingerprint density at radius 2 is 1.81 bits per heavy atom. The van der Waals surface area contributed by atoms with Crippen LogP contribution in [0.4, 0.5) is 0 Å². The van der Waals surface area contributed by atoms with Gasteiger partial charge in [0.25, 0.3) is 0 Å². The topological polar surface area (TPSA) is 169 Å². The SMILES string of the molecule is C=C(CCC1=C(C)[C@H]2[C@H](C[C@H]3[C@@H]4CC=C5C[C@@H](O)C[C@@H](O)[C@]5(C)[C@@H]4[C@H](O)C[C@@]32C)O1)CO[C@@H]1O[C@H](CO)[C@@H](O)[C@H](O)[C@H]1O. The number of hydrogen-bond donors (Lipinski definition) is 7. The average Bonchev–Trinajstić information content (AvgIpc) is 3.43. The Bertz CT molecular complexity index is 1150. The van der Waals surface area contributed by atoms with E-state index in [2.05, 4.69) is 33.4 Å². The maximum Gasteiger partial charge on any atom is 0.187 e. The summed E-state index contributed by atoms with van der Waals surface area (Å²) < 4.78 is 17.7. The van der Waals surface area contributed by atoms with E-state index in [1.165, 1.54) is 5.57 Å². The van der Waals surface area contributed by atoms with Crippen LogP contribution >= 0.6 is 0 Å². The molecule has 2 heterocycles. The molecule has 242 valence electrons. The van der Waals surface area contributed by atoms with Crippen LogP contribution in [-0.2, 0) is 14.2 Å². The van der Waals surface area contributed by atoms with Gasteiger partial charge in [0.2, 0.25) is 0 Å². The van der Waals surface area contributed by atoms with Crippen molar-refractivity contribution in [3.8, 4) is 0 Å². The summed E-state index contributed by atoms with van der Waals surface area (Å²) in [6.07, 6.45) is -1.46. The zero-order chi connectivity index (χ0) is 31.0. The summed E-state index contributed by atoms with van der Waals surface area (Å²) >= 11 is 0. The molecule has 43 heavy (non-hydrogen) atoms. The van der Waals surface area contributed by atoms with Crippen LogP contribution in [0.3, 0.4) is 0 Å². The number of allylic oxidation sites excluding steroid dienone is 2. The van der Waals surface area contributed by atoms with Crippen LogP contribution in [0.2, 0.25) is 0 Å². The molecule has 6 rings (SSSR count). The lowest BCUT2D eigenvalue weighted by Crippen LogP contribution is -2.60. The fourth-order valence-electron chi connectivity index (χ4n) is 10.2. The molecule has 0 bridgehead atoms. The standard InChI is InChI=1S/C33H50O10/c1-15(14-41-31-30(40)29(39)28(38)24(13-34)43-31)5-8-22-16(2)26-23(42-22)11-20-19-7-6-17-9-18(35)10-25(37)33(17,4)27(19)21(36)12-32(20,26)3/h6,18-21,23-31,34-40H,1,5,7-14H2,2-4H3/t18-,19+,20+,21-,23+,24-,25-,26+,27+,28-,29+,30-,31-,32+,33-/m1/s1. The molecule has 0 spiro atoms. The van der Waals surface area contributed by atoms with Crippen LogP contribution in [0.1, 0.15) is 65.7 Å². The summed E-state index contributed by atoms with van der Waals surface area (Å²) in [6.45, 7) is 10.2. The molecule has 0 aromatic rings. The summed E-state index contributed by atoms with van der Waals surface area (Å²) in [5, 5.41) is 72.9. The molecule has 4 fully saturated rings. The van der Waals surface area contributed by atoms with E-state index in [0.717, 1.165) is 29.7 Å². The Kier molecular flexibility index (Phi) is 8.44. The van der Waals surface area contributed by atoms with Crippen LogP contribution < -0.4 is 0 Å². The largest absolute Gasteiger partial charge is 0.494 e. The molecule has 4 aliphatic carbocycles. The Balaban J connectivity index is 1.10. The summed E-state index contributed by atoms with van der Waals surface area (Å²) in [7, 11) is 0. The summed E-state index contributed by atoms with van der Waals surface area (Å²) in [5.41, 5.74) is 2.44. The molecule has 10 nitrogen and oxygen atoms in total. The van der Waals surface area contributed by atoms with Gasteiger partial charge in [-0.2, -0.15) is 0 Å². The van der Waals surface area contributed by atoms with E-state index < -0.39 is 61.0 Å². The molecule has 0 aromatic carbocycles. The first-order chi connectivity index (χ1) is 20.3. The fourth-order valence-corrected chi connectivity index (χ4v) is 10.2. The Hall–Kier alpha value is -1.34. The zero-order valence-corrected chi connectivity index (χ0v) is 25.5. The number of hydrogen-bond acceptors (Lipinski definition) is 10. The Morgan fingerprint density at radius 3 is 2.53 bits per heavy atom. The molecule has 1 saturated heterocycles. The third kappa shape index (κ3) is 4.96. The highest BCUT2D eigenvalue weighted by Gasteiger charge is 2.67.